The molecule has 0 radical (unpaired) electrons. The first-order valence-electron chi connectivity index (χ1n) is 11.4. The molecular weight excluding hydrogens is 372 g/mol. The molecule has 1 saturated carbocycles. The first kappa shape index (κ1) is 19.7. The lowest BCUT2D eigenvalue weighted by molar-refractivity contribution is -0.0138. The van der Waals surface area contributed by atoms with Crippen molar-refractivity contribution in [3.05, 3.63) is 65.4 Å². The van der Waals surface area contributed by atoms with Crippen molar-refractivity contribution in [2.45, 2.75) is 64.3 Å². The molecule has 0 unspecified atom stereocenters. The van der Waals surface area contributed by atoms with E-state index in [2.05, 4.69) is 72.4 Å². The molecule has 5 rings (SSSR count). The molecule has 1 aromatic heterocycles. The van der Waals surface area contributed by atoms with Gasteiger partial charge in [0.25, 0.3) is 0 Å². The molecule has 158 valence electrons. The summed E-state index contributed by atoms with van der Waals surface area (Å²) >= 11 is 0. The van der Waals surface area contributed by atoms with Gasteiger partial charge in [-0.2, -0.15) is 0 Å². The molecule has 1 aliphatic heterocycles. The molecule has 4 heteroatoms. The van der Waals surface area contributed by atoms with Gasteiger partial charge in [-0.3, -0.25) is 4.90 Å². The third-order valence-electron chi connectivity index (χ3n) is 6.54. The Bertz CT molecular complexity index is 993. The highest BCUT2D eigenvalue weighted by molar-refractivity contribution is 5.88. The maximum absolute atomic E-state index is 6.39. The molecule has 1 aliphatic carbocycles. The largest absolute Gasteiger partial charge is 0.490 e. The molecule has 0 amide bonds. The smallest absolute Gasteiger partial charge is 0.125 e. The highest BCUT2D eigenvalue weighted by Gasteiger charge is 2.32. The van der Waals surface area contributed by atoms with Crippen LogP contribution in [0.15, 0.2) is 48.7 Å². The van der Waals surface area contributed by atoms with Crippen molar-refractivity contribution in [2.75, 3.05) is 13.2 Å². The van der Waals surface area contributed by atoms with Gasteiger partial charge < -0.3 is 14.5 Å². The van der Waals surface area contributed by atoms with Gasteiger partial charge in [-0.05, 0) is 62.8 Å². The molecule has 1 saturated heterocycles. The van der Waals surface area contributed by atoms with Gasteiger partial charge in [-0.1, -0.05) is 30.3 Å². The van der Waals surface area contributed by atoms with Crippen molar-refractivity contribution in [3.8, 4) is 5.75 Å². The Kier molecular flexibility index (Phi) is 5.53. The van der Waals surface area contributed by atoms with E-state index in [0.29, 0.717) is 18.2 Å². The SMILES string of the molecule is CCO[C@H]1CCN(Cc2c(OC3CC3)cc(C)c3[nH]ccc23)[C@H](c2ccccc2)C1. The summed E-state index contributed by atoms with van der Waals surface area (Å²) in [7, 11) is 0. The van der Waals surface area contributed by atoms with Gasteiger partial charge in [0.05, 0.1) is 12.2 Å². The fourth-order valence-corrected chi connectivity index (χ4v) is 4.85. The lowest BCUT2D eigenvalue weighted by atomic mass is 9.92. The van der Waals surface area contributed by atoms with E-state index in [9.17, 15) is 0 Å². The number of benzene rings is 2. The standard InChI is InChI=1S/C26H32N2O2/c1-3-29-21-12-14-28(24(16-21)19-7-5-4-6-8-19)17-23-22-11-13-27-26(22)18(2)15-25(23)30-20-9-10-20/h4-8,11,13,15,20-21,24,27H,3,9-10,12,14,16-17H2,1-2H3/t21-,24-/m0/s1. The topological polar surface area (TPSA) is 37.5 Å². The monoisotopic (exact) mass is 404 g/mol. The molecule has 2 aromatic carbocycles. The molecule has 1 N–H and O–H groups in total. The van der Waals surface area contributed by atoms with Crippen LogP contribution in [0.2, 0.25) is 0 Å². The summed E-state index contributed by atoms with van der Waals surface area (Å²) in [5.41, 5.74) is 5.18. The Hall–Kier alpha value is -2.30. The number of piperidine rings is 1. The number of hydrogen-bond donors (Lipinski definition) is 1. The number of aryl methyl sites for hydroxylation is 1. The van der Waals surface area contributed by atoms with Crippen LogP contribution in [-0.2, 0) is 11.3 Å². The Labute approximate surface area is 179 Å². The number of fused-ring (bicyclic) bond motifs is 1. The van der Waals surface area contributed by atoms with E-state index >= 15 is 0 Å². The van der Waals surface area contributed by atoms with E-state index in [-0.39, 0.29) is 0 Å². The second-order valence-electron chi connectivity index (χ2n) is 8.75. The molecule has 2 aliphatic rings. The summed E-state index contributed by atoms with van der Waals surface area (Å²) in [6.45, 7) is 6.98. The van der Waals surface area contributed by atoms with Crippen LogP contribution in [0, 0.1) is 6.92 Å². The van der Waals surface area contributed by atoms with Crippen LogP contribution in [0.4, 0.5) is 0 Å². The Morgan fingerprint density at radius 2 is 1.90 bits per heavy atom. The van der Waals surface area contributed by atoms with Gasteiger partial charge in [0.1, 0.15) is 5.75 Å². The van der Waals surface area contributed by atoms with Gasteiger partial charge in [-0.25, -0.2) is 0 Å². The number of aromatic amines is 1. The second kappa shape index (κ2) is 8.44. The van der Waals surface area contributed by atoms with Crippen molar-refractivity contribution in [3.63, 3.8) is 0 Å². The van der Waals surface area contributed by atoms with Gasteiger partial charge in [0, 0.05) is 48.4 Å². The van der Waals surface area contributed by atoms with E-state index in [4.69, 9.17) is 9.47 Å². The Morgan fingerprint density at radius 3 is 2.67 bits per heavy atom. The number of rotatable bonds is 7. The van der Waals surface area contributed by atoms with Crippen LogP contribution in [-0.4, -0.2) is 35.2 Å². The van der Waals surface area contributed by atoms with E-state index in [1.165, 1.54) is 40.4 Å². The normalized spacial score (nSPS) is 22.5. The zero-order chi connectivity index (χ0) is 20.5. The van der Waals surface area contributed by atoms with Crippen LogP contribution in [0.5, 0.6) is 5.75 Å². The van der Waals surface area contributed by atoms with Crippen molar-refractivity contribution in [1.29, 1.82) is 0 Å². The fraction of sp³-hybridized carbons (Fsp3) is 0.462. The lowest BCUT2D eigenvalue weighted by Gasteiger charge is -2.40. The van der Waals surface area contributed by atoms with E-state index in [1.54, 1.807) is 0 Å². The summed E-state index contributed by atoms with van der Waals surface area (Å²) < 4.78 is 12.4. The average molecular weight is 405 g/mol. The Balaban J connectivity index is 1.49. The molecule has 2 heterocycles. The minimum atomic E-state index is 0.337. The second-order valence-corrected chi connectivity index (χ2v) is 8.75. The summed E-state index contributed by atoms with van der Waals surface area (Å²) in [6, 6.07) is 15.7. The van der Waals surface area contributed by atoms with E-state index < -0.39 is 0 Å². The minimum absolute atomic E-state index is 0.337. The van der Waals surface area contributed by atoms with Crippen molar-refractivity contribution >= 4 is 10.9 Å². The predicted octanol–water partition coefficient (Wildman–Crippen LogP) is 5.76. The number of aromatic nitrogens is 1. The van der Waals surface area contributed by atoms with Crippen LogP contribution >= 0.6 is 0 Å². The maximum atomic E-state index is 6.39. The van der Waals surface area contributed by atoms with Crippen molar-refractivity contribution in [1.82, 2.24) is 9.88 Å². The highest BCUT2D eigenvalue weighted by Crippen LogP contribution is 2.39. The predicted molar refractivity (Wildman–Crippen MR) is 121 cm³/mol. The Morgan fingerprint density at radius 1 is 1.07 bits per heavy atom. The first-order chi connectivity index (χ1) is 14.7. The third kappa shape index (κ3) is 3.99. The van der Waals surface area contributed by atoms with E-state index in [1.807, 2.05) is 0 Å². The summed E-state index contributed by atoms with van der Waals surface area (Å²) in [5, 5.41) is 1.30. The van der Waals surface area contributed by atoms with Crippen molar-refractivity contribution in [2.24, 2.45) is 0 Å². The summed E-state index contributed by atoms with van der Waals surface area (Å²) in [6.07, 6.45) is 7.26. The molecule has 30 heavy (non-hydrogen) atoms. The van der Waals surface area contributed by atoms with Crippen LogP contribution in [0.3, 0.4) is 0 Å². The van der Waals surface area contributed by atoms with Crippen LogP contribution < -0.4 is 4.74 Å². The van der Waals surface area contributed by atoms with Gasteiger partial charge >= 0.3 is 0 Å². The lowest BCUT2D eigenvalue weighted by Crippen LogP contribution is -2.39. The molecule has 4 nitrogen and oxygen atoms in total. The zero-order valence-electron chi connectivity index (χ0n) is 18.1. The molecule has 2 fully saturated rings. The molecule has 0 bridgehead atoms. The minimum Gasteiger partial charge on any atom is -0.490 e. The van der Waals surface area contributed by atoms with Gasteiger partial charge in [0.2, 0.25) is 0 Å². The highest BCUT2D eigenvalue weighted by atomic mass is 16.5. The van der Waals surface area contributed by atoms with Gasteiger partial charge in [-0.15, -0.1) is 0 Å². The number of H-pyrrole nitrogens is 1. The quantitative estimate of drug-likeness (QED) is 0.544. The van der Waals surface area contributed by atoms with Gasteiger partial charge in [0.15, 0.2) is 0 Å². The number of hydrogen-bond acceptors (Lipinski definition) is 3. The third-order valence-corrected chi connectivity index (χ3v) is 6.54. The van der Waals surface area contributed by atoms with Crippen LogP contribution in [0.1, 0.15) is 55.3 Å². The molecule has 3 aromatic rings. The van der Waals surface area contributed by atoms with E-state index in [0.717, 1.165) is 38.3 Å². The van der Waals surface area contributed by atoms with Crippen molar-refractivity contribution < 1.29 is 9.47 Å². The maximum Gasteiger partial charge on any atom is 0.125 e. The summed E-state index contributed by atoms with van der Waals surface area (Å²) in [4.78, 5) is 6.06. The average Bonchev–Trinajstić information content (AvgIpc) is 3.44. The van der Waals surface area contributed by atoms with Crippen LogP contribution in [0.25, 0.3) is 10.9 Å². The number of likely N-dealkylation sites (tertiary alicyclic amines) is 1. The number of ether oxygens (including phenoxy) is 2. The zero-order valence-corrected chi connectivity index (χ0v) is 18.1. The number of nitrogens with one attached hydrogen (secondary N) is 1. The fourth-order valence-electron chi connectivity index (χ4n) is 4.85. The number of nitrogens with zero attached hydrogens (tertiary/aromatic N) is 1. The molecule has 2 atom stereocenters. The first-order valence-corrected chi connectivity index (χ1v) is 11.4. The molecular formula is C26H32N2O2. The molecule has 0 spiro atoms. The summed E-state index contributed by atoms with van der Waals surface area (Å²) in [5.74, 6) is 1.07.